The Balaban J connectivity index is 1.43. The second-order valence-electron chi connectivity index (χ2n) is 8.61. The van der Waals surface area contributed by atoms with Crippen molar-refractivity contribution < 1.29 is 24.5 Å². The molecule has 0 bridgehead atoms. The van der Waals surface area contributed by atoms with Crippen LogP contribution in [0.25, 0.3) is 11.1 Å². The number of hydrogen-bond donors (Lipinski definition) is 3. The minimum Gasteiger partial charge on any atom is -0.462 e. The Hall–Kier alpha value is -3.66. The van der Waals surface area contributed by atoms with E-state index >= 15 is 0 Å². The number of benzene rings is 2. The van der Waals surface area contributed by atoms with E-state index in [9.17, 15) is 15.0 Å². The van der Waals surface area contributed by atoms with Crippen molar-refractivity contribution in [1.29, 1.82) is 0 Å². The largest absolute Gasteiger partial charge is 0.462 e. The summed E-state index contributed by atoms with van der Waals surface area (Å²) in [4.78, 5) is 16.6. The standard InChI is InChI=1S/C26H28N4O5/c1-3-34-26(33)18-9-11-19(12-10-18)28-29-13-21-20(17-7-5-4-6-8-17)14-30(24(21)27-15-29)25-23(32)22(31)16(2)35-25/h4-12,14-16,22-23,25,28,31-32H,3,13H2,1-2H3/t16-,22-,23-,25-/m1/s1. The average Bonchev–Trinajstić information content (AvgIpc) is 3.37. The fourth-order valence-electron chi connectivity index (χ4n) is 4.44. The SMILES string of the molecule is CCOC(=O)c1ccc(NN2C=Nc3c(c(-c4ccccc4)cn3[C@@H]3O[C@H](C)[C@@H](O)[C@H]3O)C2)cc1. The Morgan fingerprint density at radius 1 is 1.14 bits per heavy atom. The smallest absolute Gasteiger partial charge is 0.338 e. The van der Waals surface area contributed by atoms with Gasteiger partial charge in [-0.25, -0.2) is 9.79 Å². The van der Waals surface area contributed by atoms with E-state index in [1.807, 2.05) is 53.7 Å². The van der Waals surface area contributed by atoms with Gasteiger partial charge in [-0.1, -0.05) is 30.3 Å². The predicted molar refractivity (Wildman–Crippen MR) is 131 cm³/mol. The number of aliphatic imine (C=N–C) groups is 1. The summed E-state index contributed by atoms with van der Waals surface area (Å²) >= 11 is 0. The van der Waals surface area contributed by atoms with Crippen molar-refractivity contribution in [2.75, 3.05) is 12.0 Å². The van der Waals surface area contributed by atoms with E-state index in [2.05, 4.69) is 10.4 Å². The highest BCUT2D eigenvalue weighted by molar-refractivity contribution is 5.89. The van der Waals surface area contributed by atoms with E-state index in [4.69, 9.17) is 9.47 Å². The second-order valence-corrected chi connectivity index (χ2v) is 8.61. The Bertz CT molecular complexity index is 1220. The fraction of sp³-hybridized carbons (Fsp3) is 0.308. The number of aromatic nitrogens is 1. The summed E-state index contributed by atoms with van der Waals surface area (Å²) in [6.45, 7) is 4.34. The maximum absolute atomic E-state index is 11.9. The molecule has 1 saturated heterocycles. The first-order valence-electron chi connectivity index (χ1n) is 11.6. The molecule has 35 heavy (non-hydrogen) atoms. The van der Waals surface area contributed by atoms with Gasteiger partial charge in [0.2, 0.25) is 0 Å². The molecule has 9 heteroatoms. The number of carbonyl (C=O) groups is 1. The van der Waals surface area contributed by atoms with Gasteiger partial charge in [-0.05, 0) is 43.7 Å². The van der Waals surface area contributed by atoms with Gasteiger partial charge in [-0.15, -0.1) is 0 Å². The van der Waals surface area contributed by atoms with Gasteiger partial charge in [0.25, 0.3) is 0 Å². The van der Waals surface area contributed by atoms with Crippen molar-refractivity contribution >= 4 is 23.8 Å². The van der Waals surface area contributed by atoms with E-state index in [0.717, 1.165) is 22.4 Å². The van der Waals surface area contributed by atoms with Gasteiger partial charge in [-0.2, -0.15) is 0 Å². The molecule has 1 aromatic heterocycles. The quantitative estimate of drug-likeness (QED) is 0.468. The average molecular weight is 477 g/mol. The molecular formula is C26H28N4O5. The molecule has 182 valence electrons. The van der Waals surface area contributed by atoms with Gasteiger partial charge in [0, 0.05) is 17.3 Å². The first-order valence-corrected chi connectivity index (χ1v) is 11.6. The van der Waals surface area contributed by atoms with Crippen LogP contribution in [0, 0.1) is 0 Å². The molecule has 9 nitrogen and oxygen atoms in total. The van der Waals surface area contributed by atoms with Gasteiger partial charge >= 0.3 is 5.97 Å². The van der Waals surface area contributed by atoms with Gasteiger partial charge < -0.3 is 24.3 Å². The first kappa shape index (κ1) is 23.1. The molecule has 2 aliphatic heterocycles. The molecule has 0 radical (unpaired) electrons. The molecule has 5 rings (SSSR count). The number of rotatable bonds is 6. The van der Waals surface area contributed by atoms with Crippen LogP contribution in [-0.4, -0.2) is 57.0 Å². The molecule has 0 unspecified atom stereocenters. The highest BCUT2D eigenvalue weighted by Crippen LogP contribution is 2.41. The van der Waals surface area contributed by atoms with Crippen LogP contribution in [-0.2, 0) is 16.0 Å². The minimum atomic E-state index is -1.06. The maximum Gasteiger partial charge on any atom is 0.338 e. The van der Waals surface area contributed by atoms with Crippen molar-refractivity contribution in [3.05, 3.63) is 71.9 Å². The number of esters is 1. The first-order chi connectivity index (χ1) is 17.0. The van der Waals surface area contributed by atoms with Crippen molar-refractivity contribution in [3.63, 3.8) is 0 Å². The molecule has 4 atom stereocenters. The monoisotopic (exact) mass is 476 g/mol. The van der Waals surface area contributed by atoms with Gasteiger partial charge in [0.1, 0.15) is 24.4 Å². The van der Waals surface area contributed by atoms with Crippen molar-refractivity contribution in [2.45, 2.75) is 44.9 Å². The minimum absolute atomic E-state index is 0.329. The van der Waals surface area contributed by atoms with Crippen LogP contribution in [0.1, 0.15) is 36.0 Å². The highest BCUT2D eigenvalue weighted by Gasteiger charge is 2.42. The summed E-state index contributed by atoms with van der Waals surface area (Å²) in [5.74, 6) is 0.317. The zero-order valence-corrected chi connectivity index (χ0v) is 19.5. The number of aliphatic hydroxyl groups is 2. The van der Waals surface area contributed by atoms with Crippen molar-refractivity contribution in [1.82, 2.24) is 9.58 Å². The molecule has 0 spiro atoms. The van der Waals surface area contributed by atoms with Gasteiger partial charge in [0.15, 0.2) is 6.23 Å². The zero-order chi connectivity index (χ0) is 24.5. The molecular weight excluding hydrogens is 448 g/mol. The lowest BCUT2D eigenvalue weighted by molar-refractivity contribution is -0.0308. The number of nitrogens with zero attached hydrogens (tertiary/aromatic N) is 3. The van der Waals surface area contributed by atoms with Gasteiger partial charge in [-0.3, -0.25) is 10.4 Å². The third kappa shape index (κ3) is 4.41. The molecule has 1 fully saturated rings. The topological polar surface area (TPSA) is 109 Å². The van der Waals surface area contributed by atoms with E-state index in [1.54, 1.807) is 36.9 Å². The van der Waals surface area contributed by atoms with Crippen molar-refractivity contribution in [2.24, 2.45) is 4.99 Å². The number of carbonyl (C=O) groups excluding carboxylic acids is 1. The molecule has 0 amide bonds. The zero-order valence-electron chi connectivity index (χ0n) is 19.5. The molecule has 3 heterocycles. The summed E-state index contributed by atoms with van der Waals surface area (Å²) in [5.41, 5.74) is 7.52. The van der Waals surface area contributed by atoms with Crippen LogP contribution >= 0.6 is 0 Å². The highest BCUT2D eigenvalue weighted by atomic mass is 16.6. The Morgan fingerprint density at radius 2 is 1.89 bits per heavy atom. The maximum atomic E-state index is 11.9. The lowest BCUT2D eigenvalue weighted by atomic mass is 10.0. The third-order valence-electron chi connectivity index (χ3n) is 6.26. The second kappa shape index (κ2) is 9.53. The van der Waals surface area contributed by atoms with Crippen molar-refractivity contribution in [3.8, 4) is 11.1 Å². The number of nitrogens with one attached hydrogen (secondary N) is 1. The number of fused-ring (bicyclic) bond motifs is 1. The van der Waals surface area contributed by atoms with Crippen LogP contribution in [0.4, 0.5) is 11.5 Å². The summed E-state index contributed by atoms with van der Waals surface area (Å²) in [6, 6.07) is 17.0. The summed E-state index contributed by atoms with van der Waals surface area (Å²) in [7, 11) is 0. The molecule has 0 aliphatic carbocycles. The van der Waals surface area contributed by atoms with Gasteiger partial charge in [0.05, 0.1) is 30.5 Å². The van der Waals surface area contributed by atoms with E-state index < -0.39 is 24.5 Å². The summed E-state index contributed by atoms with van der Waals surface area (Å²) in [6.07, 6.45) is 0.340. The lowest BCUT2D eigenvalue weighted by Gasteiger charge is -2.26. The number of aliphatic hydroxyl groups excluding tert-OH is 2. The predicted octanol–water partition coefficient (Wildman–Crippen LogP) is 3.47. The molecule has 0 saturated carbocycles. The Labute approximate surface area is 203 Å². The van der Waals surface area contributed by atoms with Crippen LogP contribution in [0.15, 0.2) is 65.8 Å². The summed E-state index contributed by atoms with van der Waals surface area (Å²) < 4.78 is 12.7. The normalized spacial score (nSPS) is 23.3. The lowest BCUT2D eigenvalue weighted by Crippen LogP contribution is -2.31. The molecule has 2 aliphatic rings. The molecule has 2 aromatic carbocycles. The van der Waals surface area contributed by atoms with Crippen LogP contribution in [0.3, 0.4) is 0 Å². The van der Waals surface area contributed by atoms with E-state index in [1.165, 1.54) is 0 Å². The van der Waals surface area contributed by atoms with E-state index in [-0.39, 0.29) is 5.97 Å². The number of ether oxygens (including phenoxy) is 2. The number of hydrogen-bond acceptors (Lipinski definition) is 8. The van der Waals surface area contributed by atoms with Crippen LogP contribution in [0.2, 0.25) is 0 Å². The molecule has 3 N–H and O–H groups in total. The Morgan fingerprint density at radius 3 is 2.54 bits per heavy atom. The van der Waals surface area contributed by atoms with E-state index in [0.29, 0.717) is 24.5 Å². The Kier molecular flexibility index (Phi) is 6.29. The number of hydrazine groups is 1. The third-order valence-corrected chi connectivity index (χ3v) is 6.26. The molecule has 3 aromatic rings. The summed E-state index contributed by atoms with van der Waals surface area (Å²) in [5, 5.41) is 22.7. The van der Waals surface area contributed by atoms with Crippen LogP contribution < -0.4 is 5.43 Å². The fourth-order valence-corrected chi connectivity index (χ4v) is 4.44. The number of anilines is 1. The van der Waals surface area contributed by atoms with Crippen LogP contribution in [0.5, 0.6) is 0 Å².